The summed E-state index contributed by atoms with van der Waals surface area (Å²) in [4.78, 5) is 12.3. The van der Waals surface area contributed by atoms with Crippen LogP contribution < -0.4 is 5.32 Å². The van der Waals surface area contributed by atoms with Crippen molar-refractivity contribution in [2.45, 2.75) is 44.1 Å². The van der Waals surface area contributed by atoms with Crippen LogP contribution in [0, 0.1) is 5.92 Å². The summed E-state index contributed by atoms with van der Waals surface area (Å²) < 4.78 is 5.58. The van der Waals surface area contributed by atoms with Crippen LogP contribution in [0.1, 0.15) is 49.1 Å². The van der Waals surface area contributed by atoms with Gasteiger partial charge in [0.05, 0.1) is 12.6 Å². The van der Waals surface area contributed by atoms with Gasteiger partial charge in [-0.3, -0.25) is 0 Å². The zero-order valence-corrected chi connectivity index (χ0v) is 15.6. The fourth-order valence-corrected chi connectivity index (χ4v) is 4.63. The number of fused-ring (bicyclic) bond motifs is 3. The summed E-state index contributed by atoms with van der Waals surface area (Å²) in [5, 5.41) is 12.5. The number of alkyl carbamates (subject to hydrolysis) is 1. The van der Waals surface area contributed by atoms with Crippen molar-refractivity contribution in [3.63, 3.8) is 0 Å². The molecular formula is C23H27NO3. The molecule has 1 saturated carbocycles. The molecule has 1 atom stereocenters. The van der Waals surface area contributed by atoms with Crippen molar-refractivity contribution in [3.8, 4) is 11.1 Å². The van der Waals surface area contributed by atoms with Crippen molar-refractivity contribution in [2.24, 2.45) is 5.92 Å². The van der Waals surface area contributed by atoms with Crippen LogP contribution in [0.25, 0.3) is 11.1 Å². The van der Waals surface area contributed by atoms with Crippen molar-refractivity contribution < 1.29 is 14.6 Å². The SMILES string of the molecule is O=C(NC(CO)CC1CCCC1)OCC1c2ccccc2-c2ccccc21. The minimum Gasteiger partial charge on any atom is -0.449 e. The number of hydrogen-bond donors (Lipinski definition) is 2. The van der Waals surface area contributed by atoms with Crippen molar-refractivity contribution in [2.75, 3.05) is 13.2 Å². The second kappa shape index (κ2) is 8.13. The van der Waals surface area contributed by atoms with Gasteiger partial charge < -0.3 is 15.2 Å². The minimum absolute atomic E-state index is 0.0410. The molecule has 2 aliphatic carbocycles. The van der Waals surface area contributed by atoms with E-state index in [4.69, 9.17) is 4.74 Å². The molecule has 0 spiro atoms. The van der Waals surface area contributed by atoms with Crippen molar-refractivity contribution in [3.05, 3.63) is 59.7 Å². The highest BCUT2D eigenvalue weighted by Gasteiger charge is 2.29. The largest absolute Gasteiger partial charge is 0.449 e. The lowest BCUT2D eigenvalue weighted by Gasteiger charge is -2.20. The molecule has 0 heterocycles. The molecule has 2 aromatic carbocycles. The highest BCUT2D eigenvalue weighted by atomic mass is 16.5. The first-order valence-corrected chi connectivity index (χ1v) is 9.98. The average Bonchev–Trinajstić information content (AvgIpc) is 3.32. The van der Waals surface area contributed by atoms with Gasteiger partial charge in [-0.2, -0.15) is 0 Å². The third-order valence-electron chi connectivity index (χ3n) is 5.98. The van der Waals surface area contributed by atoms with Crippen LogP contribution in [0.15, 0.2) is 48.5 Å². The third kappa shape index (κ3) is 3.86. The van der Waals surface area contributed by atoms with E-state index in [1.165, 1.54) is 47.9 Å². The van der Waals surface area contributed by atoms with Crippen LogP contribution in [0.2, 0.25) is 0 Å². The van der Waals surface area contributed by atoms with Gasteiger partial charge in [0, 0.05) is 5.92 Å². The Hall–Kier alpha value is -2.33. The Morgan fingerprint density at radius 1 is 1.04 bits per heavy atom. The molecule has 1 amide bonds. The van der Waals surface area contributed by atoms with Crippen LogP contribution in [0.4, 0.5) is 4.79 Å². The zero-order chi connectivity index (χ0) is 18.6. The number of rotatable bonds is 6. The molecule has 0 aromatic heterocycles. The summed E-state index contributed by atoms with van der Waals surface area (Å²) in [6.07, 6.45) is 5.31. The Morgan fingerprint density at radius 3 is 2.22 bits per heavy atom. The third-order valence-corrected chi connectivity index (χ3v) is 5.98. The summed E-state index contributed by atoms with van der Waals surface area (Å²) in [7, 11) is 0. The van der Waals surface area contributed by atoms with Crippen molar-refractivity contribution >= 4 is 6.09 Å². The Kier molecular flexibility index (Phi) is 5.44. The van der Waals surface area contributed by atoms with Gasteiger partial charge in [0.1, 0.15) is 6.61 Å². The average molecular weight is 365 g/mol. The first-order chi connectivity index (χ1) is 13.3. The van der Waals surface area contributed by atoms with Gasteiger partial charge in [0.25, 0.3) is 0 Å². The first-order valence-electron chi connectivity index (χ1n) is 9.98. The number of amides is 1. The molecule has 0 bridgehead atoms. The van der Waals surface area contributed by atoms with Gasteiger partial charge in [-0.05, 0) is 34.6 Å². The molecule has 1 fully saturated rings. The predicted octanol–water partition coefficient (Wildman–Crippen LogP) is 4.47. The van der Waals surface area contributed by atoms with Crippen molar-refractivity contribution in [1.82, 2.24) is 5.32 Å². The fourth-order valence-electron chi connectivity index (χ4n) is 4.63. The Bertz CT molecular complexity index is 752. The molecular weight excluding hydrogens is 338 g/mol. The summed E-state index contributed by atoms with van der Waals surface area (Å²) >= 11 is 0. The lowest BCUT2D eigenvalue weighted by atomic mass is 9.98. The quantitative estimate of drug-likeness (QED) is 0.794. The number of carbonyl (C=O) groups is 1. The molecule has 142 valence electrons. The monoisotopic (exact) mass is 365 g/mol. The van der Waals surface area contributed by atoms with Gasteiger partial charge in [-0.25, -0.2) is 4.79 Å². The molecule has 4 nitrogen and oxygen atoms in total. The molecule has 2 N–H and O–H groups in total. The predicted molar refractivity (Wildman–Crippen MR) is 106 cm³/mol. The maximum absolute atomic E-state index is 12.3. The smallest absolute Gasteiger partial charge is 0.407 e. The van der Waals surface area contributed by atoms with Crippen molar-refractivity contribution in [1.29, 1.82) is 0 Å². The van der Waals surface area contributed by atoms with E-state index in [1.54, 1.807) is 0 Å². The Labute approximate surface area is 160 Å². The van der Waals surface area contributed by atoms with Gasteiger partial charge in [0.2, 0.25) is 0 Å². The number of benzene rings is 2. The Balaban J connectivity index is 1.38. The number of hydrogen-bond acceptors (Lipinski definition) is 3. The van der Waals surface area contributed by atoms with E-state index in [1.807, 2.05) is 24.3 Å². The second-order valence-corrected chi connectivity index (χ2v) is 7.74. The molecule has 4 rings (SSSR count). The summed E-state index contributed by atoms with van der Waals surface area (Å²) in [6, 6.07) is 16.4. The topological polar surface area (TPSA) is 58.6 Å². The molecule has 0 saturated heterocycles. The molecule has 0 radical (unpaired) electrons. The Morgan fingerprint density at radius 2 is 1.63 bits per heavy atom. The highest BCUT2D eigenvalue weighted by Crippen LogP contribution is 2.44. The molecule has 2 aromatic rings. The molecule has 0 aliphatic heterocycles. The van der Waals surface area contributed by atoms with Crippen LogP contribution in [-0.4, -0.2) is 30.5 Å². The molecule has 1 unspecified atom stereocenters. The normalized spacial score (nSPS) is 17.4. The minimum atomic E-state index is -0.436. The van der Waals surface area contributed by atoms with E-state index < -0.39 is 6.09 Å². The van der Waals surface area contributed by atoms with Gasteiger partial charge in [0.15, 0.2) is 0 Å². The second-order valence-electron chi connectivity index (χ2n) is 7.74. The molecule has 4 heteroatoms. The van der Waals surface area contributed by atoms with E-state index in [9.17, 15) is 9.90 Å². The standard InChI is InChI=1S/C23H27NO3/c25-14-17(13-16-7-1-2-8-16)24-23(26)27-15-22-20-11-5-3-9-18(20)19-10-4-6-12-21(19)22/h3-6,9-12,16-17,22,25H,1-2,7-8,13-15H2,(H,24,26). The van der Waals surface area contributed by atoms with Gasteiger partial charge >= 0.3 is 6.09 Å². The van der Waals surface area contributed by atoms with Crippen LogP contribution in [0.3, 0.4) is 0 Å². The summed E-state index contributed by atoms with van der Waals surface area (Å²) in [5.41, 5.74) is 4.85. The summed E-state index contributed by atoms with van der Waals surface area (Å²) in [5.74, 6) is 0.668. The maximum Gasteiger partial charge on any atom is 0.407 e. The van der Waals surface area contributed by atoms with E-state index in [-0.39, 0.29) is 18.6 Å². The fraction of sp³-hybridized carbons (Fsp3) is 0.435. The van der Waals surface area contributed by atoms with E-state index in [0.717, 1.165) is 6.42 Å². The number of ether oxygens (including phenoxy) is 1. The zero-order valence-electron chi connectivity index (χ0n) is 15.6. The lowest BCUT2D eigenvalue weighted by molar-refractivity contribution is 0.129. The number of aliphatic hydroxyl groups excluding tert-OH is 1. The van der Waals surface area contributed by atoms with E-state index in [0.29, 0.717) is 12.5 Å². The first kappa shape index (κ1) is 18.1. The lowest BCUT2D eigenvalue weighted by Crippen LogP contribution is -2.39. The maximum atomic E-state index is 12.3. The van der Waals surface area contributed by atoms with Crippen LogP contribution in [-0.2, 0) is 4.74 Å². The highest BCUT2D eigenvalue weighted by molar-refractivity contribution is 5.79. The van der Waals surface area contributed by atoms with Gasteiger partial charge in [-0.1, -0.05) is 74.2 Å². The molecule has 27 heavy (non-hydrogen) atoms. The van der Waals surface area contributed by atoms with Gasteiger partial charge in [-0.15, -0.1) is 0 Å². The number of nitrogens with one attached hydrogen (secondary N) is 1. The number of carbonyl (C=O) groups excluding carboxylic acids is 1. The van der Waals surface area contributed by atoms with Crippen LogP contribution in [0.5, 0.6) is 0 Å². The summed E-state index contributed by atoms with van der Waals surface area (Å²) in [6.45, 7) is 0.266. The van der Waals surface area contributed by atoms with Crippen LogP contribution >= 0.6 is 0 Å². The number of aliphatic hydroxyl groups is 1. The van der Waals surface area contributed by atoms with E-state index in [2.05, 4.69) is 29.6 Å². The molecule has 2 aliphatic rings. The van der Waals surface area contributed by atoms with E-state index >= 15 is 0 Å².